The summed E-state index contributed by atoms with van der Waals surface area (Å²) < 4.78 is 44.2. The van der Waals surface area contributed by atoms with E-state index in [0.29, 0.717) is 13.0 Å². The predicted octanol–water partition coefficient (Wildman–Crippen LogP) is 4.49. The lowest BCUT2D eigenvalue weighted by Gasteiger charge is -2.46. The summed E-state index contributed by atoms with van der Waals surface area (Å²) >= 11 is 0. The third-order valence-electron chi connectivity index (χ3n) is 5.86. The fraction of sp³-hybridized carbons (Fsp3) is 0.524. The molecule has 2 unspecified atom stereocenters. The van der Waals surface area contributed by atoms with Crippen LogP contribution in [0.25, 0.3) is 11.4 Å². The first-order chi connectivity index (χ1) is 14.8. The first kappa shape index (κ1) is 21.3. The summed E-state index contributed by atoms with van der Waals surface area (Å²) in [6, 6.07) is 4.07. The number of alkyl halides is 3. The Balaban J connectivity index is 1.58. The van der Waals surface area contributed by atoms with Gasteiger partial charge in [-0.3, -0.25) is 9.69 Å². The van der Waals surface area contributed by atoms with E-state index in [1.807, 2.05) is 6.92 Å². The van der Waals surface area contributed by atoms with Crippen LogP contribution in [0.4, 0.5) is 18.0 Å². The van der Waals surface area contributed by atoms with Crippen LogP contribution in [0.5, 0.6) is 0 Å². The summed E-state index contributed by atoms with van der Waals surface area (Å²) in [6.45, 7) is 2.26. The molecule has 7 nitrogen and oxygen atoms in total. The number of imide groups is 1. The quantitative estimate of drug-likeness (QED) is 0.690. The lowest BCUT2D eigenvalue weighted by molar-refractivity contribution is -0.141. The topological polar surface area (TPSA) is 79.5 Å². The maximum Gasteiger partial charge on any atom is 0.416 e. The van der Waals surface area contributed by atoms with Gasteiger partial charge in [0.05, 0.1) is 11.5 Å². The van der Waals surface area contributed by atoms with Gasteiger partial charge in [-0.15, -0.1) is 0 Å². The number of fused-ring (bicyclic) bond motifs is 1. The molecular formula is C21H23F3N4O3. The molecule has 2 fully saturated rings. The average Bonchev–Trinajstić information content (AvgIpc) is 3.22. The van der Waals surface area contributed by atoms with E-state index in [4.69, 9.17) is 4.52 Å². The largest absolute Gasteiger partial charge is 0.416 e. The molecule has 31 heavy (non-hydrogen) atoms. The van der Waals surface area contributed by atoms with Gasteiger partial charge in [-0.1, -0.05) is 37.1 Å². The number of hydrogen-bond donors (Lipinski definition) is 0. The third kappa shape index (κ3) is 4.15. The number of nitrogens with zero attached hydrogens (tertiary/aromatic N) is 4. The Morgan fingerprint density at radius 1 is 1.19 bits per heavy atom. The molecule has 10 heteroatoms. The first-order valence-corrected chi connectivity index (χ1v) is 10.4. The molecule has 0 radical (unpaired) electrons. The van der Waals surface area contributed by atoms with Crippen molar-refractivity contribution in [1.29, 1.82) is 0 Å². The van der Waals surface area contributed by atoms with Crippen molar-refractivity contribution in [3.05, 3.63) is 35.7 Å². The summed E-state index contributed by atoms with van der Waals surface area (Å²) in [6.07, 6.45) is -0.513. The summed E-state index contributed by atoms with van der Waals surface area (Å²) in [4.78, 5) is 32.9. The van der Waals surface area contributed by atoms with Gasteiger partial charge in [-0.05, 0) is 31.4 Å². The van der Waals surface area contributed by atoms with Gasteiger partial charge in [0.2, 0.25) is 17.6 Å². The van der Waals surface area contributed by atoms with Gasteiger partial charge < -0.3 is 9.42 Å². The zero-order valence-electron chi connectivity index (χ0n) is 17.1. The Hall–Kier alpha value is -2.91. The fourth-order valence-electron chi connectivity index (χ4n) is 4.39. The molecule has 4 rings (SSSR count). The highest BCUT2D eigenvalue weighted by atomic mass is 19.4. The van der Waals surface area contributed by atoms with E-state index < -0.39 is 11.7 Å². The van der Waals surface area contributed by atoms with Crippen LogP contribution in [0.3, 0.4) is 0 Å². The van der Waals surface area contributed by atoms with Crippen molar-refractivity contribution in [3.8, 4) is 11.4 Å². The molecule has 2 aliphatic rings. The number of halogens is 3. The van der Waals surface area contributed by atoms with Gasteiger partial charge in [-0.25, -0.2) is 4.79 Å². The first-order valence-electron chi connectivity index (χ1n) is 10.4. The van der Waals surface area contributed by atoms with Crippen molar-refractivity contribution in [2.75, 3.05) is 6.54 Å². The molecule has 3 amide bonds. The summed E-state index contributed by atoms with van der Waals surface area (Å²) in [5.74, 6) is -0.227. The Kier molecular flexibility index (Phi) is 5.72. The lowest BCUT2D eigenvalue weighted by Crippen LogP contribution is -2.62. The van der Waals surface area contributed by atoms with Crippen molar-refractivity contribution in [3.63, 3.8) is 0 Å². The number of urea groups is 1. The van der Waals surface area contributed by atoms with E-state index >= 15 is 0 Å². The van der Waals surface area contributed by atoms with Crippen LogP contribution in [0.15, 0.2) is 28.8 Å². The van der Waals surface area contributed by atoms with Crippen molar-refractivity contribution < 1.29 is 27.3 Å². The fourth-order valence-corrected chi connectivity index (χ4v) is 4.39. The van der Waals surface area contributed by atoms with Gasteiger partial charge in [0, 0.05) is 18.2 Å². The van der Waals surface area contributed by atoms with Crippen LogP contribution in [-0.4, -0.2) is 44.5 Å². The summed E-state index contributed by atoms with van der Waals surface area (Å²) in [5, 5.41) is 3.80. The zero-order valence-corrected chi connectivity index (χ0v) is 17.1. The van der Waals surface area contributed by atoms with Crippen LogP contribution in [0.2, 0.25) is 0 Å². The van der Waals surface area contributed by atoms with Crippen molar-refractivity contribution in [1.82, 2.24) is 19.9 Å². The highest BCUT2D eigenvalue weighted by Gasteiger charge is 2.47. The second kappa shape index (κ2) is 8.32. The molecular weight excluding hydrogens is 413 g/mol. The lowest BCUT2D eigenvalue weighted by atomic mass is 9.81. The highest BCUT2D eigenvalue weighted by molar-refractivity contribution is 5.98. The van der Waals surface area contributed by atoms with Crippen LogP contribution in [0, 0.1) is 5.92 Å². The van der Waals surface area contributed by atoms with Gasteiger partial charge in [-0.2, -0.15) is 18.2 Å². The van der Waals surface area contributed by atoms with Gasteiger partial charge in [0.25, 0.3) is 0 Å². The Morgan fingerprint density at radius 2 is 1.97 bits per heavy atom. The molecule has 1 aliphatic carbocycles. The number of carbonyl (C=O) groups is 2. The standard InChI is InChI=1S/C21H23F3N4O3/c1-2-10-27-19(29)15-8-3-4-9-16(15)28(20(27)30)12-17-25-18(26-31-17)13-6-5-7-14(11-13)21(22,23)24/h5-7,11,15-16H,2-4,8-10,12H2,1H3. The normalized spacial score (nSPS) is 22.1. The molecule has 0 bridgehead atoms. The monoisotopic (exact) mass is 436 g/mol. The SMILES string of the molecule is CCCN1C(=O)C2CCCCC2N(Cc2nc(-c3cccc(C(F)(F)F)c3)no2)C1=O. The van der Waals surface area contributed by atoms with Crippen molar-refractivity contribution in [2.24, 2.45) is 5.92 Å². The Bertz CT molecular complexity index is 975. The minimum Gasteiger partial charge on any atom is -0.337 e. The third-order valence-corrected chi connectivity index (χ3v) is 5.86. The van der Waals surface area contributed by atoms with Crippen LogP contribution in [-0.2, 0) is 17.5 Å². The Labute approximate surface area is 177 Å². The van der Waals surface area contributed by atoms with Crippen LogP contribution in [0.1, 0.15) is 50.5 Å². The van der Waals surface area contributed by atoms with E-state index in [2.05, 4.69) is 10.1 Å². The van der Waals surface area contributed by atoms with Crippen molar-refractivity contribution in [2.45, 2.75) is 57.8 Å². The van der Waals surface area contributed by atoms with Gasteiger partial charge in [0.1, 0.15) is 6.54 Å². The molecule has 1 aromatic carbocycles. The molecule has 166 valence electrons. The highest BCUT2D eigenvalue weighted by Crippen LogP contribution is 2.36. The minimum absolute atomic E-state index is 0.0133. The Morgan fingerprint density at radius 3 is 2.71 bits per heavy atom. The molecule has 2 atom stereocenters. The maximum atomic E-state index is 13.0. The number of aromatic nitrogens is 2. The summed E-state index contributed by atoms with van der Waals surface area (Å²) in [7, 11) is 0. The zero-order chi connectivity index (χ0) is 22.2. The average molecular weight is 436 g/mol. The van der Waals surface area contributed by atoms with E-state index in [0.717, 1.165) is 37.8 Å². The van der Waals surface area contributed by atoms with E-state index in [1.54, 1.807) is 4.90 Å². The van der Waals surface area contributed by atoms with E-state index in [-0.39, 0.29) is 47.7 Å². The molecule has 1 saturated heterocycles. The molecule has 2 heterocycles. The van der Waals surface area contributed by atoms with Crippen molar-refractivity contribution >= 4 is 11.9 Å². The minimum atomic E-state index is -4.48. The second-order valence-corrected chi connectivity index (χ2v) is 7.95. The summed E-state index contributed by atoms with van der Waals surface area (Å²) in [5.41, 5.74) is -0.630. The molecule has 1 aliphatic heterocycles. The number of hydrogen-bond acceptors (Lipinski definition) is 5. The second-order valence-electron chi connectivity index (χ2n) is 7.95. The number of amides is 3. The number of benzene rings is 1. The molecule has 1 saturated carbocycles. The van der Waals surface area contributed by atoms with Gasteiger partial charge in [0.15, 0.2) is 0 Å². The number of rotatable bonds is 5. The molecule has 1 aromatic heterocycles. The number of carbonyl (C=O) groups excluding carboxylic acids is 2. The maximum absolute atomic E-state index is 13.0. The molecule has 2 aromatic rings. The smallest absolute Gasteiger partial charge is 0.337 e. The molecule has 0 N–H and O–H groups in total. The van der Waals surface area contributed by atoms with E-state index in [9.17, 15) is 22.8 Å². The molecule has 0 spiro atoms. The van der Waals surface area contributed by atoms with Gasteiger partial charge >= 0.3 is 12.2 Å². The van der Waals surface area contributed by atoms with Crippen LogP contribution < -0.4 is 0 Å². The predicted molar refractivity (Wildman–Crippen MR) is 103 cm³/mol. The van der Waals surface area contributed by atoms with Crippen LogP contribution >= 0.6 is 0 Å². The van der Waals surface area contributed by atoms with E-state index in [1.165, 1.54) is 17.0 Å².